The summed E-state index contributed by atoms with van der Waals surface area (Å²) in [5, 5.41) is 0. The molecule has 1 saturated carbocycles. The lowest BCUT2D eigenvalue weighted by molar-refractivity contribution is -0.122. The smallest absolute Gasteiger partial charge is 0.252 e. The van der Waals surface area contributed by atoms with E-state index in [9.17, 15) is 18.0 Å². The first-order valence-corrected chi connectivity index (χ1v) is 11.4. The number of imide groups is 1. The second-order valence-corrected chi connectivity index (χ2v) is 9.76. The van der Waals surface area contributed by atoms with Gasteiger partial charge in [0.15, 0.2) is 0 Å². The molecule has 152 valence electrons. The predicted octanol–water partition coefficient (Wildman–Crippen LogP) is 2.94. The molecular weight excluding hydrogens is 460 g/mol. The molecular formula is C20H19BrN2O5S. The van der Waals surface area contributed by atoms with Crippen molar-refractivity contribution < 1.29 is 22.7 Å². The Morgan fingerprint density at radius 3 is 2.21 bits per heavy atom. The largest absolute Gasteiger partial charge is 0.497 e. The molecule has 1 atom stereocenters. The monoisotopic (exact) mass is 478 g/mol. The first-order valence-electron chi connectivity index (χ1n) is 9.13. The molecule has 2 aromatic carbocycles. The molecule has 1 aliphatic carbocycles. The highest BCUT2D eigenvalue weighted by Crippen LogP contribution is 2.38. The maximum Gasteiger partial charge on any atom is 0.252 e. The van der Waals surface area contributed by atoms with Crippen LogP contribution in [0.2, 0.25) is 0 Å². The van der Waals surface area contributed by atoms with E-state index in [4.69, 9.17) is 4.74 Å². The number of methoxy groups -OCH3 is 1. The van der Waals surface area contributed by atoms with Crippen LogP contribution in [0.4, 0.5) is 5.69 Å². The molecule has 4 rings (SSSR count). The maximum atomic E-state index is 13.3. The van der Waals surface area contributed by atoms with Crippen LogP contribution in [0.25, 0.3) is 0 Å². The van der Waals surface area contributed by atoms with Gasteiger partial charge in [-0.1, -0.05) is 15.9 Å². The van der Waals surface area contributed by atoms with Gasteiger partial charge < -0.3 is 4.74 Å². The van der Waals surface area contributed by atoms with Crippen LogP contribution in [-0.2, 0) is 19.6 Å². The second kappa shape index (κ2) is 7.55. The first-order chi connectivity index (χ1) is 13.8. The van der Waals surface area contributed by atoms with E-state index < -0.39 is 27.9 Å². The van der Waals surface area contributed by atoms with Crippen molar-refractivity contribution >= 4 is 43.5 Å². The van der Waals surface area contributed by atoms with E-state index in [0.29, 0.717) is 24.3 Å². The molecule has 0 bridgehead atoms. The Labute approximate surface area is 177 Å². The first kappa shape index (κ1) is 20.1. The third-order valence-electron chi connectivity index (χ3n) is 5.06. The van der Waals surface area contributed by atoms with Crippen molar-refractivity contribution in [3.05, 3.63) is 53.0 Å². The molecule has 0 radical (unpaired) electrons. The number of sulfonamides is 1. The highest BCUT2D eigenvalue weighted by molar-refractivity contribution is 9.10. The highest BCUT2D eigenvalue weighted by Gasteiger charge is 2.51. The van der Waals surface area contributed by atoms with Crippen LogP contribution in [0.15, 0.2) is 57.9 Å². The Balaban J connectivity index is 1.67. The zero-order valence-corrected chi connectivity index (χ0v) is 18.0. The lowest BCUT2D eigenvalue weighted by Crippen LogP contribution is -2.46. The summed E-state index contributed by atoms with van der Waals surface area (Å²) in [7, 11) is -2.39. The normalized spacial score (nSPS) is 19.8. The van der Waals surface area contributed by atoms with Crippen molar-refractivity contribution in [2.45, 2.75) is 36.2 Å². The molecule has 0 aromatic heterocycles. The molecule has 2 aliphatic rings. The molecule has 29 heavy (non-hydrogen) atoms. The minimum absolute atomic E-state index is 0.107. The number of carbonyl (C=O) groups excluding carboxylic acids is 2. The van der Waals surface area contributed by atoms with E-state index in [-0.39, 0.29) is 17.4 Å². The number of amides is 2. The molecule has 0 spiro atoms. The van der Waals surface area contributed by atoms with Crippen molar-refractivity contribution in [2.24, 2.45) is 0 Å². The molecule has 2 aromatic rings. The minimum Gasteiger partial charge on any atom is -0.497 e. The van der Waals surface area contributed by atoms with Crippen molar-refractivity contribution in [1.82, 2.24) is 4.31 Å². The van der Waals surface area contributed by atoms with Gasteiger partial charge in [0.2, 0.25) is 15.9 Å². The summed E-state index contributed by atoms with van der Waals surface area (Å²) in [6.07, 6.45) is 1.18. The summed E-state index contributed by atoms with van der Waals surface area (Å²) in [4.78, 5) is 27.0. The Hall–Kier alpha value is -2.23. The van der Waals surface area contributed by atoms with Crippen molar-refractivity contribution in [2.75, 3.05) is 12.0 Å². The Morgan fingerprint density at radius 1 is 1.03 bits per heavy atom. The van der Waals surface area contributed by atoms with E-state index >= 15 is 0 Å². The predicted molar refractivity (Wildman–Crippen MR) is 110 cm³/mol. The van der Waals surface area contributed by atoms with Gasteiger partial charge in [0.25, 0.3) is 5.91 Å². The van der Waals surface area contributed by atoms with Crippen molar-refractivity contribution in [1.29, 1.82) is 0 Å². The molecule has 2 fully saturated rings. The zero-order valence-electron chi connectivity index (χ0n) is 15.6. The van der Waals surface area contributed by atoms with E-state index in [2.05, 4.69) is 15.9 Å². The van der Waals surface area contributed by atoms with E-state index in [1.807, 2.05) is 0 Å². The fraction of sp³-hybridized carbons (Fsp3) is 0.300. The van der Waals surface area contributed by atoms with Gasteiger partial charge in [-0.3, -0.25) is 9.59 Å². The second-order valence-electron chi connectivity index (χ2n) is 7.01. The number of ether oxygens (including phenoxy) is 1. The fourth-order valence-corrected chi connectivity index (χ4v) is 5.58. The maximum absolute atomic E-state index is 13.3. The quantitative estimate of drug-likeness (QED) is 0.595. The summed E-state index contributed by atoms with van der Waals surface area (Å²) < 4.78 is 33.7. The van der Waals surface area contributed by atoms with Gasteiger partial charge in [-0.05, 0) is 61.4 Å². The minimum atomic E-state index is -3.92. The molecule has 7 nitrogen and oxygen atoms in total. The van der Waals surface area contributed by atoms with Crippen LogP contribution in [0.1, 0.15) is 19.3 Å². The molecule has 1 aliphatic heterocycles. The van der Waals surface area contributed by atoms with E-state index in [1.165, 1.54) is 23.5 Å². The number of carbonyl (C=O) groups is 2. The topological polar surface area (TPSA) is 84.0 Å². The molecule has 0 N–H and O–H groups in total. The summed E-state index contributed by atoms with van der Waals surface area (Å²) in [6.45, 7) is 0. The lowest BCUT2D eigenvalue weighted by atomic mass is 10.2. The fourth-order valence-electron chi connectivity index (χ4n) is 3.49. The molecule has 9 heteroatoms. The van der Waals surface area contributed by atoms with Gasteiger partial charge in [-0.2, -0.15) is 4.31 Å². The molecule has 1 unspecified atom stereocenters. The van der Waals surface area contributed by atoms with Crippen molar-refractivity contribution in [3.8, 4) is 5.75 Å². The van der Waals surface area contributed by atoms with Crippen LogP contribution >= 0.6 is 15.9 Å². The summed E-state index contributed by atoms with van der Waals surface area (Å²) in [5.41, 5.74) is 0.403. The lowest BCUT2D eigenvalue weighted by Gasteiger charge is -2.26. The SMILES string of the molecule is COc1ccc(N2C(=O)CC(N(C3CC3)S(=O)(=O)c3ccc(Br)cc3)C2=O)cc1. The van der Waals surface area contributed by atoms with Crippen LogP contribution in [0, 0.1) is 0 Å². The number of hydrogen-bond donors (Lipinski definition) is 0. The van der Waals surface area contributed by atoms with Crippen LogP contribution in [0.3, 0.4) is 0 Å². The van der Waals surface area contributed by atoms with Crippen LogP contribution in [0.5, 0.6) is 5.75 Å². The average Bonchev–Trinajstić information content (AvgIpc) is 3.48. The average molecular weight is 479 g/mol. The number of benzene rings is 2. The third kappa shape index (κ3) is 3.70. The third-order valence-corrected chi connectivity index (χ3v) is 7.56. The number of anilines is 1. The Morgan fingerprint density at radius 2 is 1.66 bits per heavy atom. The van der Waals surface area contributed by atoms with Gasteiger partial charge in [0.05, 0.1) is 24.1 Å². The molecule has 1 saturated heterocycles. The number of nitrogens with zero attached hydrogens (tertiary/aromatic N) is 2. The standard InChI is InChI=1S/C20H19BrN2O5S/c1-28-16-8-6-14(7-9-16)22-19(24)12-18(20(22)25)23(15-4-5-15)29(26,27)17-10-2-13(21)3-11-17/h2-3,6-11,15,18H,4-5,12H2,1H3. The van der Waals surface area contributed by atoms with Gasteiger partial charge in [0.1, 0.15) is 11.8 Å². The summed E-state index contributed by atoms with van der Waals surface area (Å²) in [5.74, 6) is -0.337. The molecule has 2 amide bonds. The van der Waals surface area contributed by atoms with Crippen molar-refractivity contribution in [3.63, 3.8) is 0 Å². The van der Waals surface area contributed by atoms with E-state index in [1.54, 1.807) is 36.4 Å². The summed E-state index contributed by atoms with van der Waals surface area (Å²) in [6, 6.07) is 11.5. The van der Waals surface area contributed by atoms with Crippen LogP contribution in [-0.4, -0.2) is 43.7 Å². The van der Waals surface area contributed by atoms with Gasteiger partial charge in [-0.15, -0.1) is 0 Å². The number of rotatable bonds is 6. The number of halogens is 1. The highest BCUT2D eigenvalue weighted by atomic mass is 79.9. The van der Waals surface area contributed by atoms with Gasteiger partial charge in [0, 0.05) is 10.5 Å². The summed E-state index contributed by atoms with van der Waals surface area (Å²) >= 11 is 3.30. The number of hydrogen-bond acceptors (Lipinski definition) is 5. The molecule has 1 heterocycles. The van der Waals surface area contributed by atoms with Gasteiger partial charge >= 0.3 is 0 Å². The Kier molecular flexibility index (Phi) is 5.22. The van der Waals surface area contributed by atoms with Gasteiger partial charge in [-0.25, -0.2) is 13.3 Å². The zero-order chi connectivity index (χ0) is 20.8. The Bertz CT molecular complexity index is 1050. The van der Waals surface area contributed by atoms with E-state index in [0.717, 1.165) is 9.37 Å². The van der Waals surface area contributed by atoms with Crippen LogP contribution < -0.4 is 9.64 Å².